The summed E-state index contributed by atoms with van der Waals surface area (Å²) in [6.45, 7) is 5.81. The molecule has 1 aliphatic rings. The summed E-state index contributed by atoms with van der Waals surface area (Å²) in [6, 6.07) is 8.24. The van der Waals surface area contributed by atoms with Gasteiger partial charge in [0.1, 0.15) is 0 Å². The van der Waals surface area contributed by atoms with Crippen LogP contribution < -0.4 is 0 Å². The molecule has 0 saturated carbocycles. The number of hydrogen-bond acceptors (Lipinski definition) is 3. The van der Waals surface area contributed by atoms with E-state index in [1.165, 1.54) is 0 Å². The molecule has 1 fully saturated rings. The van der Waals surface area contributed by atoms with Crippen molar-refractivity contribution in [2.24, 2.45) is 5.92 Å². The zero-order chi connectivity index (χ0) is 14.9. The number of benzene rings is 1. The first-order chi connectivity index (χ1) is 9.43. The van der Waals surface area contributed by atoms with Crippen LogP contribution in [0, 0.1) is 5.92 Å². The summed E-state index contributed by atoms with van der Waals surface area (Å²) in [7, 11) is 0. The van der Waals surface area contributed by atoms with Gasteiger partial charge in [0.2, 0.25) is 0 Å². The number of urea groups is 1. The quantitative estimate of drug-likeness (QED) is 0.624. The molecular weight excluding hydrogens is 256 g/mol. The fourth-order valence-electron chi connectivity index (χ4n) is 2.27. The van der Waals surface area contributed by atoms with Gasteiger partial charge in [0.25, 0.3) is 0 Å². The van der Waals surface area contributed by atoms with Gasteiger partial charge in [-0.25, -0.2) is 9.69 Å². The SMILES string of the molecule is CC(C)CN1C(=O)C(=O)N(C(C)c2ccccc2)C1=O. The molecule has 5 heteroatoms. The van der Waals surface area contributed by atoms with Gasteiger partial charge >= 0.3 is 17.8 Å². The van der Waals surface area contributed by atoms with Crippen LogP contribution in [0.2, 0.25) is 0 Å². The Hall–Kier alpha value is -2.17. The molecular formula is C15H18N2O3. The van der Waals surface area contributed by atoms with E-state index in [-0.39, 0.29) is 12.5 Å². The summed E-state index contributed by atoms with van der Waals surface area (Å²) in [5, 5.41) is 0. The molecule has 2 rings (SSSR count). The number of nitrogens with zero attached hydrogens (tertiary/aromatic N) is 2. The molecule has 1 aliphatic heterocycles. The van der Waals surface area contributed by atoms with Crippen LogP contribution in [0.3, 0.4) is 0 Å². The number of rotatable bonds is 4. The highest BCUT2D eigenvalue weighted by Gasteiger charge is 2.46. The van der Waals surface area contributed by atoms with Gasteiger partial charge in [-0.1, -0.05) is 44.2 Å². The summed E-state index contributed by atoms with van der Waals surface area (Å²) in [5.41, 5.74) is 0.827. The van der Waals surface area contributed by atoms with Crippen LogP contribution in [0.15, 0.2) is 30.3 Å². The first-order valence-corrected chi connectivity index (χ1v) is 6.67. The van der Waals surface area contributed by atoms with Crippen molar-refractivity contribution in [3.05, 3.63) is 35.9 Å². The minimum absolute atomic E-state index is 0.127. The van der Waals surface area contributed by atoms with Crippen LogP contribution in [-0.2, 0) is 9.59 Å². The molecule has 1 aromatic rings. The average Bonchev–Trinajstić information content (AvgIpc) is 2.63. The molecule has 1 heterocycles. The Bertz CT molecular complexity index is 539. The summed E-state index contributed by atoms with van der Waals surface area (Å²) >= 11 is 0. The molecule has 4 amide bonds. The third kappa shape index (κ3) is 2.43. The number of hydrogen-bond donors (Lipinski definition) is 0. The summed E-state index contributed by atoms with van der Waals surface area (Å²) in [6.07, 6.45) is 0. The molecule has 0 radical (unpaired) electrons. The third-order valence-electron chi connectivity index (χ3n) is 3.30. The Labute approximate surface area is 118 Å². The first-order valence-electron chi connectivity index (χ1n) is 6.67. The molecule has 106 valence electrons. The second kappa shape index (κ2) is 5.45. The Morgan fingerprint density at radius 2 is 1.55 bits per heavy atom. The van der Waals surface area contributed by atoms with Gasteiger partial charge in [0.05, 0.1) is 6.04 Å². The van der Waals surface area contributed by atoms with E-state index in [2.05, 4.69) is 0 Å². The van der Waals surface area contributed by atoms with Crippen LogP contribution in [0.25, 0.3) is 0 Å². The van der Waals surface area contributed by atoms with Gasteiger partial charge in [-0.3, -0.25) is 14.5 Å². The normalized spacial score (nSPS) is 17.3. The minimum atomic E-state index is -0.744. The van der Waals surface area contributed by atoms with Crippen molar-refractivity contribution in [3.8, 4) is 0 Å². The summed E-state index contributed by atoms with van der Waals surface area (Å²) in [4.78, 5) is 38.3. The second-order valence-corrected chi connectivity index (χ2v) is 5.35. The highest BCUT2D eigenvalue weighted by atomic mass is 16.2. The molecule has 20 heavy (non-hydrogen) atoms. The van der Waals surface area contributed by atoms with Crippen LogP contribution >= 0.6 is 0 Å². The first kappa shape index (κ1) is 14.2. The fraction of sp³-hybridized carbons (Fsp3) is 0.400. The van der Waals surface area contributed by atoms with Crippen molar-refractivity contribution < 1.29 is 14.4 Å². The molecule has 0 spiro atoms. The molecule has 1 atom stereocenters. The summed E-state index contributed by atoms with van der Waals surface area (Å²) < 4.78 is 0. The second-order valence-electron chi connectivity index (χ2n) is 5.35. The van der Waals surface area contributed by atoms with E-state index in [0.717, 1.165) is 15.4 Å². The maximum Gasteiger partial charge on any atom is 0.334 e. The zero-order valence-corrected chi connectivity index (χ0v) is 11.9. The Kier molecular flexibility index (Phi) is 3.88. The largest absolute Gasteiger partial charge is 0.334 e. The molecule has 0 aliphatic carbocycles. The van der Waals surface area contributed by atoms with Crippen LogP contribution in [0.4, 0.5) is 4.79 Å². The maximum absolute atomic E-state index is 12.3. The topological polar surface area (TPSA) is 57.7 Å². The van der Waals surface area contributed by atoms with Gasteiger partial charge < -0.3 is 0 Å². The lowest BCUT2D eigenvalue weighted by molar-refractivity contribution is -0.144. The maximum atomic E-state index is 12.3. The minimum Gasteiger partial charge on any atom is -0.263 e. The lowest BCUT2D eigenvalue weighted by Crippen LogP contribution is -2.36. The standard InChI is InChI=1S/C15H18N2O3/c1-10(2)9-16-13(18)14(19)17(15(16)20)11(3)12-7-5-4-6-8-12/h4-8,10-11H,9H2,1-3H3. The van der Waals surface area contributed by atoms with Crippen molar-refractivity contribution in [3.63, 3.8) is 0 Å². The highest BCUT2D eigenvalue weighted by molar-refractivity contribution is 6.44. The molecule has 0 bridgehead atoms. The van der Waals surface area contributed by atoms with Gasteiger partial charge in [0.15, 0.2) is 0 Å². The molecule has 0 aromatic heterocycles. The van der Waals surface area contributed by atoms with Gasteiger partial charge in [-0.2, -0.15) is 0 Å². The Balaban J connectivity index is 2.27. The van der Waals surface area contributed by atoms with E-state index in [1.807, 2.05) is 44.2 Å². The predicted octanol–water partition coefficient (Wildman–Crippen LogP) is 2.19. The molecule has 1 unspecified atom stereocenters. The van der Waals surface area contributed by atoms with Crippen molar-refractivity contribution >= 4 is 17.8 Å². The van der Waals surface area contributed by atoms with E-state index in [9.17, 15) is 14.4 Å². The van der Waals surface area contributed by atoms with E-state index in [0.29, 0.717) is 0 Å². The van der Waals surface area contributed by atoms with Gasteiger partial charge in [-0.15, -0.1) is 0 Å². The Morgan fingerprint density at radius 1 is 0.950 bits per heavy atom. The third-order valence-corrected chi connectivity index (χ3v) is 3.30. The highest BCUT2D eigenvalue weighted by Crippen LogP contribution is 2.26. The lowest BCUT2D eigenvalue weighted by Gasteiger charge is -2.22. The summed E-state index contributed by atoms with van der Waals surface area (Å²) in [5.74, 6) is -1.35. The number of imide groups is 2. The number of carbonyl (C=O) groups excluding carboxylic acids is 3. The fourth-order valence-corrected chi connectivity index (χ4v) is 2.27. The van der Waals surface area contributed by atoms with Crippen molar-refractivity contribution in [2.75, 3.05) is 6.54 Å². The zero-order valence-electron chi connectivity index (χ0n) is 11.9. The van der Waals surface area contributed by atoms with Crippen LogP contribution in [0.1, 0.15) is 32.4 Å². The monoisotopic (exact) mass is 274 g/mol. The number of amides is 4. The van der Waals surface area contributed by atoms with E-state index >= 15 is 0 Å². The predicted molar refractivity (Wildman–Crippen MR) is 73.7 cm³/mol. The van der Waals surface area contributed by atoms with Crippen molar-refractivity contribution in [1.82, 2.24) is 9.80 Å². The molecule has 0 N–H and O–H groups in total. The Morgan fingerprint density at radius 3 is 2.10 bits per heavy atom. The van der Waals surface area contributed by atoms with Crippen LogP contribution in [-0.4, -0.2) is 34.2 Å². The molecule has 1 aromatic carbocycles. The van der Waals surface area contributed by atoms with Crippen molar-refractivity contribution in [2.45, 2.75) is 26.8 Å². The van der Waals surface area contributed by atoms with Gasteiger partial charge in [-0.05, 0) is 18.4 Å². The van der Waals surface area contributed by atoms with E-state index < -0.39 is 23.9 Å². The van der Waals surface area contributed by atoms with Crippen LogP contribution in [0.5, 0.6) is 0 Å². The van der Waals surface area contributed by atoms with Gasteiger partial charge in [0, 0.05) is 6.54 Å². The smallest absolute Gasteiger partial charge is 0.263 e. The van der Waals surface area contributed by atoms with E-state index in [1.54, 1.807) is 6.92 Å². The number of carbonyl (C=O) groups is 3. The average molecular weight is 274 g/mol. The van der Waals surface area contributed by atoms with E-state index in [4.69, 9.17) is 0 Å². The molecule has 5 nitrogen and oxygen atoms in total. The molecule has 1 saturated heterocycles. The lowest BCUT2D eigenvalue weighted by atomic mass is 10.1. The van der Waals surface area contributed by atoms with Crippen molar-refractivity contribution in [1.29, 1.82) is 0 Å².